The van der Waals surface area contributed by atoms with Crippen LogP contribution in [-0.4, -0.2) is 67.7 Å². The van der Waals surface area contributed by atoms with Crippen LogP contribution in [0.5, 0.6) is 0 Å². The third-order valence-corrected chi connectivity index (χ3v) is 9.14. The van der Waals surface area contributed by atoms with Crippen molar-refractivity contribution in [3.05, 3.63) is 70.8 Å². The zero-order chi connectivity index (χ0) is 31.9. The maximum absolute atomic E-state index is 14.5. The number of hydrogen-bond acceptors (Lipinski definition) is 6. The number of aromatic nitrogens is 3. The SMILES string of the molecule is CCCC[C@H]1C(=O)N2C[C@]3(CC2C#N)C(=O)Nc2ccc(cc23)CCCCCN1C(=O)c1cn(-c2cc(F)c(F)cc2F)nn1. The van der Waals surface area contributed by atoms with Crippen LogP contribution in [0.4, 0.5) is 18.9 Å². The molecule has 1 unspecified atom stereocenters. The Labute approximate surface area is 257 Å². The quantitative estimate of drug-likeness (QED) is 0.422. The average molecular weight is 620 g/mol. The van der Waals surface area contributed by atoms with Crippen molar-refractivity contribution in [2.75, 3.05) is 18.4 Å². The van der Waals surface area contributed by atoms with E-state index in [1.165, 1.54) is 9.80 Å². The van der Waals surface area contributed by atoms with Crippen molar-refractivity contribution in [2.45, 2.75) is 75.8 Å². The summed E-state index contributed by atoms with van der Waals surface area (Å²) in [6.07, 6.45) is 5.79. The van der Waals surface area contributed by atoms with Crippen LogP contribution in [0.1, 0.15) is 73.5 Å². The standard InChI is InChI=1S/C32H32F3N7O3/c1-2-3-8-27-30(44)41-18-32(15-20(41)16-36)21-12-19(9-10-25(21)37-31(32)45)7-5-4-6-11-40(27)29(43)26-17-42(39-38-26)28-14-23(34)22(33)13-24(28)35/h9-10,12-14,17,20,27H,2-8,11,15,18H2,1H3,(H,37,45)/t20?,27-,32-/m0/s1. The molecule has 1 spiro atoms. The molecule has 4 heterocycles. The molecule has 13 heteroatoms. The van der Waals surface area contributed by atoms with Gasteiger partial charge in [0.25, 0.3) is 5.91 Å². The first-order valence-corrected chi connectivity index (χ1v) is 15.2. The van der Waals surface area contributed by atoms with Crippen LogP contribution in [0.3, 0.4) is 0 Å². The van der Waals surface area contributed by atoms with E-state index in [4.69, 9.17) is 0 Å². The molecule has 0 aliphatic carbocycles. The number of carbonyl (C=O) groups excluding carboxylic acids is 3. The number of amides is 3. The van der Waals surface area contributed by atoms with E-state index < -0.39 is 52.5 Å². The van der Waals surface area contributed by atoms with Gasteiger partial charge in [-0.2, -0.15) is 5.26 Å². The van der Waals surface area contributed by atoms with Gasteiger partial charge in [-0.25, -0.2) is 17.9 Å². The van der Waals surface area contributed by atoms with E-state index in [1.54, 1.807) is 0 Å². The summed E-state index contributed by atoms with van der Waals surface area (Å²) in [6, 6.07) is 7.24. The molecule has 3 aliphatic heterocycles. The third kappa shape index (κ3) is 5.32. The minimum Gasteiger partial charge on any atom is -0.325 e. The molecule has 3 amide bonds. The van der Waals surface area contributed by atoms with E-state index in [9.17, 15) is 32.8 Å². The monoisotopic (exact) mass is 619 g/mol. The zero-order valence-electron chi connectivity index (χ0n) is 24.7. The molecular formula is C32H32F3N7O3. The molecule has 1 aromatic heterocycles. The highest BCUT2D eigenvalue weighted by atomic mass is 19.2. The van der Waals surface area contributed by atoms with Crippen LogP contribution >= 0.6 is 0 Å². The summed E-state index contributed by atoms with van der Waals surface area (Å²) in [7, 11) is 0. The molecule has 234 valence electrons. The van der Waals surface area contributed by atoms with Gasteiger partial charge in [0.05, 0.1) is 17.7 Å². The summed E-state index contributed by atoms with van der Waals surface area (Å²) in [5.41, 5.74) is 0.802. The molecule has 3 aromatic rings. The molecular weight excluding hydrogens is 587 g/mol. The summed E-state index contributed by atoms with van der Waals surface area (Å²) in [5, 5.41) is 20.8. The van der Waals surface area contributed by atoms with Crippen LogP contribution in [-0.2, 0) is 21.4 Å². The lowest BCUT2D eigenvalue weighted by atomic mass is 9.79. The van der Waals surface area contributed by atoms with E-state index in [0.29, 0.717) is 37.1 Å². The van der Waals surface area contributed by atoms with Gasteiger partial charge in [0, 0.05) is 37.3 Å². The van der Waals surface area contributed by atoms with Crippen LogP contribution in [0, 0.1) is 28.8 Å². The number of nitriles is 1. The van der Waals surface area contributed by atoms with Gasteiger partial charge < -0.3 is 15.1 Å². The van der Waals surface area contributed by atoms with Gasteiger partial charge in [-0.3, -0.25) is 14.4 Å². The molecule has 0 saturated carbocycles. The van der Waals surface area contributed by atoms with Crippen molar-refractivity contribution in [1.29, 1.82) is 5.26 Å². The van der Waals surface area contributed by atoms with E-state index in [-0.39, 0.29) is 31.1 Å². The summed E-state index contributed by atoms with van der Waals surface area (Å²) >= 11 is 0. The Morgan fingerprint density at radius 3 is 2.69 bits per heavy atom. The zero-order valence-corrected chi connectivity index (χ0v) is 24.7. The lowest BCUT2D eigenvalue weighted by Crippen LogP contribution is -2.53. The van der Waals surface area contributed by atoms with E-state index in [0.717, 1.165) is 47.7 Å². The molecule has 6 rings (SSSR count). The Kier molecular flexibility index (Phi) is 8.07. The second kappa shape index (κ2) is 12.0. The number of nitrogens with one attached hydrogen (secondary N) is 1. The Balaban J connectivity index is 1.38. The molecule has 45 heavy (non-hydrogen) atoms. The minimum atomic E-state index is -1.37. The number of halogens is 3. The number of aryl methyl sites for hydroxylation is 1. The number of anilines is 1. The number of unbranched alkanes of at least 4 members (excludes halogenated alkanes) is 1. The molecule has 4 bridgehead atoms. The largest absolute Gasteiger partial charge is 0.325 e. The van der Waals surface area contributed by atoms with Crippen LogP contribution < -0.4 is 5.32 Å². The highest BCUT2D eigenvalue weighted by Gasteiger charge is 2.57. The molecule has 10 nitrogen and oxygen atoms in total. The van der Waals surface area contributed by atoms with Crippen molar-refractivity contribution in [3.63, 3.8) is 0 Å². The van der Waals surface area contributed by atoms with Crippen LogP contribution in [0.25, 0.3) is 5.69 Å². The first-order valence-electron chi connectivity index (χ1n) is 15.2. The molecule has 1 fully saturated rings. The van der Waals surface area contributed by atoms with Crippen molar-refractivity contribution in [3.8, 4) is 11.8 Å². The number of hydrogen-bond donors (Lipinski definition) is 1. The first kappa shape index (κ1) is 30.3. The highest BCUT2D eigenvalue weighted by Crippen LogP contribution is 2.47. The van der Waals surface area contributed by atoms with Crippen LogP contribution in [0.2, 0.25) is 0 Å². The number of fused-ring (bicyclic) bond motifs is 2. The molecule has 0 radical (unpaired) electrons. The third-order valence-electron chi connectivity index (χ3n) is 9.14. The van der Waals surface area contributed by atoms with E-state index >= 15 is 0 Å². The van der Waals surface area contributed by atoms with E-state index in [2.05, 4.69) is 21.7 Å². The van der Waals surface area contributed by atoms with Gasteiger partial charge in [0.15, 0.2) is 23.1 Å². The Morgan fingerprint density at radius 2 is 1.91 bits per heavy atom. The fourth-order valence-electron chi connectivity index (χ4n) is 6.73. The Bertz CT molecular complexity index is 1720. The second-order valence-corrected chi connectivity index (χ2v) is 12.0. The van der Waals surface area contributed by atoms with Crippen molar-refractivity contribution < 1.29 is 27.6 Å². The Morgan fingerprint density at radius 1 is 1.11 bits per heavy atom. The second-order valence-electron chi connectivity index (χ2n) is 12.0. The smallest absolute Gasteiger partial charge is 0.276 e. The number of benzene rings is 2. The highest BCUT2D eigenvalue weighted by molar-refractivity contribution is 6.07. The van der Waals surface area contributed by atoms with Gasteiger partial charge in [-0.15, -0.1) is 5.10 Å². The number of nitrogens with zero attached hydrogens (tertiary/aromatic N) is 6. The summed E-state index contributed by atoms with van der Waals surface area (Å²) in [4.78, 5) is 44.8. The van der Waals surface area contributed by atoms with Crippen molar-refractivity contribution in [1.82, 2.24) is 24.8 Å². The summed E-state index contributed by atoms with van der Waals surface area (Å²) in [6.45, 7) is 2.16. The molecule has 1 N–H and O–H groups in total. The predicted molar refractivity (Wildman–Crippen MR) is 156 cm³/mol. The lowest BCUT2D eigenvalue weighted by Gasteiger charge is -2.34. The van der Waals surface area contributed by atoms with Gasteiger partial charge in [0.2, 0.25) is 11.8 Å². The van der Waals surface area contributed by atoms with Gasteiger partial charge in [-0.05, 0) is 42.9 Å². The summed E-state index contributed by atoms with van der Waals surface area (Å²) in [5.74, 6) is -5.08. The molecule has 1 saturated heterocycles. The van der Waals surface area contributed by atoms with Crippen molar-refractivity contribution in [2.24, 2.45) is 0 Å². The van der Waals surface area contributed by atoms with Gasteiger partial charge in [0.1, 0.15) is 17.8 Å². The Hall–Kier alpha value is -4.73. The first-order chi connectivity index (χ1) is 21.7. The molecule has 2 aromatic carbocycles. The number of carbonyl (C=O) groups is 3. The lowest BCUT2D eigenvalue weighted by molar-refractivity contribution is -0.136. The van der Waals surface area contributed by atoms with Gasteiger partial charge in [-0.1, -0.05) is 43.5 Å². The topological polar surface area (TPSA) is 124 Å². The summed E-state index contributed by atoms with van der Waals surface area (Å²) < 4.78 is 42.7. The maximum atomic E-state index is 14.5. The molecule has 3 atom stereocenters. The van der Waals surface area contributed by atoms with Crippen LogP contribution in [0.15, 0.2) is 36.5 Å². The predicted octanol–water partition coefficient (Wildman–Crippen LogP) is 4.43. The fraction of sp³-hybridized carbons (Fsp3) is 0.438. The van der Waals surface area contributed by atoms with Gasteiger partial charge >= 0.3 is 0 Å². The minimum absolute atomic E-state index is 0.00257. The average Bonchev–Trinajstić information content (AvgIpc) is 3.74. The maximum Gasteiger partial charge on any atom is 0.276 e. The molecule has 3 aliphatic rings. The van der Waals surface area contributed by atoms with Crippen molar-refractivity contribution >= 4 is 23.4 Å². The number of rotatable bonds is 5. The fourth-order valence-corrected chi connectivity index (χ4v) is 6.73. The normalized spacial score (nSPS) is 23.1. The van der Waals surface area contributed by atoms with E-state index in [1.807, 2.05) is 25.1 Å².